The third kappa shape index (κ3) is 3.80. The summed E-state index contributed by atoms with van der Waals surface area (Å²) < 4.78 is 28.6. The zero-order valence-corrected chi connectivity index (χ0v) is 11.7. The van der Waals surface area contributed by atoms with Crippen molar-refractivity contribution >= 4 is 16.0 Å². The van der Waals surface area contributed by atoms with Gasteiger partial charge < -0.3 is 9.84 Å². The molecule has 3 N–H and O–H groups in total. The van der Waals surface area contributed by atoms with Crippen LogP contribution in [0.3, 0.4) is 0 Å². The smallest absolute Gasteiger partial charge is 0.307 e. The zero-order valence-electron chi connectivity index (χ0n) is 10.9. The molecule has 2 aromatic carbocycles. The second-order valence-electron chi connectivity index (χ2n) is 4.27. The normalized spacial score (nSPS) is 11.1. The molecule has 0 bridgehead atoms. The van der Waals surface area contributed by atoms with Crippen LogP contribution in [0.5, 0.6) is 11.5 Å². The van der Waals surface area contributed by atoms with Crippen LogP contribution in [0.15, 0.2) is 53.4 Å². The van der Waals surface area contributed by atoms with Crippen LogP contribution in [0.2, 0.25) is 0 Å². The fourth-order valence-electron chi connectivity index (χ4n) is 1.80. The van der Waals surface area contributed by atoms with E-state index in [1.165, 1.54) is 18.2 Å². The molecular formula is C14H13NO5S. The summed E-state index contributed by atoms with van der Waals surface area (Å²) in [7, 11) is -3.93. The van der Waals surface area contributed by atoms with Gasteiger partial charge in [0.1, 0.15) is 16.4 Å². The number of sulfonamides is 1. The van der Waals surface area contributed by atoms with Crippen molar-refractivity contribution in [3.8, 4) is 11.5 Å². The maximum absolute atomic E-state index is 11.5. The number of hydrogen-bond acceptors (Lipinski definition) is 4. The molecule has 0 fully saturated rings. The monoisotopic (exact) mass is 307 g/mol. The molecule has 0 saturated carbocycles. The molecule has 0 spiro atoms. The number of para-hydroxylation sites is 2. The lowest BCUT2D eigenvalue weighted by Gasteiger charge is -2.12. The van der Waals surface area contributed by atoms with Crippen molar-refractivity contribution in [1.29, 1.82) is 0 Å². The van der Waals surface area contributed by atoms with Crippen LogP contribution < -0.4 is 9.88 Å². The van der Waals surface area contributed by atoms with Gasteiger partial charge >= 0.3 is 5.97 Å². The number of nitrogens with two attached hydrogens (primary N) is 1. The first-order valence-electron chi connectivity index (χ1n) is 5.97. The van der Waals surface area contributed by atoms with Gasteiger partial charge in [0.05, 0.1) is 6.42 Å². The third-order valence-electron chi connectivity index (χ3n) is 2.69. The minimum absolute atomic E-state index is 0.0536. The first-order chi connectivity index (χ1) is 9.88. The van der Waals surface area contributed by atoms with Crippen LogP contribution >= 0.6 is 0 Å². The van der Waals surface area contributed by atoms with Crippen LogP contribution in [0.4, 0.5) is 0 Å². The highest BCUT2D eigenvalue weighted by atomic mass is 32.2. The lowest BCUT2D eigenvalue weighted by atomic mass is 10.1. The van der Waals surface area contributed by atoms with E-state index in [-0.39, 0.29) is 22.8 Å². The quantitative estimate of drug-likeness (QED) is 0.875. The predicted octanol–water partition coefficient (Wildman–Crippen LogP) is 1.75. The fraction of sp³-hybridized carbons (Fsp3) is 0.0714. The molecule has 0 aliphatic heterocycles. The molecule has 0 aliphatic carbocycles. The van der Waals surface area contributed by atoms with Gasteiger partial charge in [0.25, 0.3) is 0 Å². The van der Waals surface area contributed by atoms with Gasteiger partial charge in [-0.3, -0.25) is 4.79 Å². The lowest BCUT2D eigenvalue weighted by Crippen LogP contribution is -2.13. The lowest BCUT2D eigenvalue weighted by molar-refractivity contribution is -0.136. The molecule has 0 aliphatic rings. The number of carbonyl (C=O) groups is 1. The Hall–Kier alpha value is -2.38. The maximum Gasteiger partial charge on any atom is 0.307 e. The predicted molar refractivity (Wildman–Crippen MR) is 75.7 cm³/mol. The number of aliphatic carboxylic acids is 1. The second kappa shape index (κ2) is 5.94. The summed E-state index contributed by atoms with van der Waals surface area (Å²) >= 11 is 0. The van der Waals surface area contributed by atoms with E-state index in [4.69, 9.17) is 15.0 Å². The Morgan fingerprint density at radius 1 is 1.05 bits per heavy atom. The van der Waals surface area contributed by atoms with E-state index in [0.717, 1.165) is 0 Å². The summed E-state index contributed by atoms with van der Waals surface area (Å²) in [4.78, 5) is 10.7. The highest BCUT2D eigenvalue weighted by Crippen LogP contribution is 2.30. The van der Waals surface area contributed by atoms with E-state index in [1.54, 1.807) is 30.3 Å². The summed E-state index contributed by atoms with van der Waals surface area (Å²) in [6, 6.07) is 12.4. The first-order valence-corrected chi connectivity index (χ1v) is 7.52. The van der Waals surface area contributed by atoms with Crippen molar-refractivity contribution in [1.82, 2.24) is 0 Å². The Bertz CT molecular complexity index is 770. The van der Waals surface area contributed by atoms with Gasteiger partial charge in [-0.25, -0.2) is 13.6 Å². The minimum Gasteiger partial charge on any atom is -0.481 e. The minimum atomic E-state index is -3.93. The molecule has 0 atom stereocenters. The van der Waals surface area contributed by atoms with Crippen LogP contribution in [0.25, 0.3) is 0 Å². The van der Waals surface area contributed by atoms with Crippen molar-refractivity contribution in [3.63, 3.8) is 0 Å². The Morgan fingerprint density at radius 3 is 2.24 bits per heavy atom. The standard InChI is InChI=1S/C14H13NO5S/c15-21(18,19)13-8-4-3-7-12(13)20-11-6-2-1-5-10(11)9-14(16)17/h1-8H,9H2,(H,16,17)(H2,15,18,19). The Balaban J connectivity index is 2.42. The molecule has 110 valence electrons. The number of rotatable bonds is 5. The molecule has 21 heavy (non-hydrogen) atoms. The molecule has 2 aromatic rings. The molecule has 0 unspecified atom stereocenters. The second-order valence-corrected chi connectivity index (χ2v) is 5.80. The molecule has 0 amide bonds. The average Bonchev–Trinajstić information content (AvgIpc) is 2.40. The maximum atomic E-state index is 11.5. The zero-order chi connectivity index (χ0) is 15.5. The number of ether oxygens (including phenoxy) is 1. The summed E-state index contributed by atoms with van der Waals surface area (Å²) in [6.45, 7) is 0. The molecule has 0 aromatic heterocycles. The van der Waals surface area contributed by atoms with Crippen LogP contribution in [0, 0.1) is 0 Å². The molecule has 0 radical (unpaired) electrons. The summed E-state index contributed by atoms with van der Waals surface area (Å²) in [5.74, 6) is -0.681. The van der Waals surface area contributed by atoms with Crippen molar-refractivity contribution in [2.45, 2.75) is 11.3 Å². The van der Waals surface area contributed by atoms with E-state index in [1.807, 2.05) is 0 Å². The van der Waals surface area contributed by atoms with Crippen LogP contribution in [0.1, 0.15) is 5.56 Å². The topological polar surface area (TPSA) is 107 Å². The average molecular weight is 307 g/mol. The number of carboxylic acid groups (broad SMARTS) is 1. The molecule has 2 rings (SSSR count). The number of hydrogen-bond donors (Lipinski definition) is 2. The van der Waals surface area contributed by atoms with Crippen LogP contribution in [-0.2, 0) is 21.2 Å². The number of benzene rings is 2. The Morgan fingerprint density at radius 2 is 1.62 bits per heavy atom. The molecule has 7 heteroatoms. The van der Waals surface area contributed by atoms with Gasteiger partial charge in [-0.1, -0.05) is 30.3 Å². The van der Waals surface area contributed by atoms with Crippen LogP contribution in [-0.4, -0.2) is 19.5 Å². The van der Waals surface area contributed by atoms with Crippen molar-refractivity contribution in [2.24, 2.45) is 5.14 Å². The summed E-state index contributed by atoms with van der Waals surface area (Å²) in [5, 5.41) is 14.0. The van der Waals surface area contributed by atoms with Gasteiger partial charge in [0, 0.05) is 5.56 Å². The molecule has 6 nitrogen and oxygen atoms in total. The highest BCUT2D eigenvalue weighted by Gasteiger charge is 2.16. The van der Waals surface area contributed by atoms with Gasteiger partial charge in [0.2, 0.25) is 10.0 Å². The molecular weight excluding hydrogens is 294 g/mol. The van der Waals surface area contributed by atoms with E-state index in [0.29, 0.717) is 5.56 Å². The molecule has 0 heterocycles. The molecule has 0 saturated heterocycles. The van der Waals surface area contributed by atoms with Gasteiger partial charge in [0.15, 0.2) is 0 Å². The van der Waals surface area contributed by atoms with Gasteiger partial charge in [-0.15, -0.1) is 0 Å². The van der Waals surface area contributed by atoms with Gasteiger partial charge in [-0.2, -0.15) is 0 Å². The first kappa shape index (κ1) is 15.0. The largest absolute Gasteiger partial charge is 0.481 e. The Kier molecular flexibility index (Phi) is 4.25. The number of carboxylic acids is 1. The summed E-state index contributed by atoms with van der Waals surface area (Å²) in [5.41, 5.74) is 0.439. The van der Waals surface area contributed by atoms with E-state index in [2.05, 4.69) is 0 Å². The SMILES string of the molecule is NS(=O)(=O)c1ccccc1Oc1ccccc1CC(=O)O. The van der Waals surface area contributed by atoms with E-state index < -0.39 is 16.0 Å². The third-order valence-corrected chi connectivity index (χ3v) is 3.64. The highest BCUT2D eigenvalue weighted by molar-refractivity contribution is 7.89. The number of primary sulfonamides is 1. The van der Waals surface area contributed by atoms with Crippen molar-refractivity contribution < 1.29 is 23.1 Å². The Labute approximate surface area is 121 Å². The fourth-order valence-corrected chi connectivity index (χ4v) is 2.46. The van der Waals surface area contributed by atoms with Crippen molar-refractivity contribution in [3.05, 3.63) is 54.1 Å². The van der Waals surface area contributed by atoms with Crippen molar-refractivity contribution in [2.75, 3.05) is 0 Å². The van der Waals surface area contributed by atoms with Gasteiger partial charge in [-0.05, 0) is 18.2 Å². The summed E-state index contributed by atoms with van der Waals surface area (Å²) in [6.07, 6.45) is -0.228. The van der Waals surface area contributed by atoms with E-state index >= 15 is 0 Å². The van der Waals surface area contributed by atoms with E-state index in [9.17, 15) is 13.2 Å².